The van der Waals surface area contributed by atoms with Crippen molar-refractivity contribution in [3.05, 3.63) is 121 Å². The molecule has 1 atom stereocenters. The Morgan fingerprint density at radius 2 is 1.18 bits per heavy atom. The number of carbonyl (C=O) groups excluding carboxylic acids is 1. The van der Waals surface area contributed by atoms with Crippen molar-refractivity contribution in [1.29, 1.82) is 0 Å². The first-order valence-electron chi connectivity index (χ1n) is 11.3. The molecule has 1 N–H and O–H groups in total. The number of para-hydroxylation sites is 1. The first-order valence-corrected chi connectivity index (χ1v) is 13.3. The van der Waals surface area contributed by atoms with Gasteiger partial charge in [-0.05, 0) is 48.0 Å². The SMILES string of the molecule is O=C(O)C(C[P+](c1ccccc1)(c1ccccc1)c1ccccc1)N1C(=O)Cc2ccccc21. The highest BCUT2D eigenvalue weighted by atomic mass is 31.2. The Bertz CT molecular complexity index is 1210. The molecule has 0 saturated heterocycles. The summed E-state index contributed by atoms with van der Waals surface area (Å²) in [4.78, 5) is 27.5. The van der Waals surface area contributed by atoms with E-state index in [0.29, 0.717) is 11.8 Å². The van der Waals surface area contributed by atoms with Gasteiger partial charge in [-0.25, -0.2) is 4.79 Å². The Kier molecular flexibility index (Phi) is 6.00. The first kappa shape index (κ1) is 22.1. The summed E-state index contributed by atoms with van der Waals surface area (Å²) in [6, 6.07) is 37.0. The van der Waals surface area contributed by atoms with Crippen LogP contribution in [-0.2, 0) is 16.0 Å². The molecular formula is C29H25NO3P+. The van der Waals surface area contributed by atoms with Crippen molar-refractivity contribution in [1.82, 2.24) is 0 Å². The number of amides is 1. The highest BCUT2D eigenvalue weighted by Gasteiger charge is 2.51. The zero-order chi connectivity index (χ0) is 23.5. The molecule has 5 heteroatoms. The summed E-state index contributed by atoms with van der Waals surface area (Å²) in [5.74, 6) is -1.15. The summed E-state index contributed by atoms with van der Waals surface area (Å²) in [6.45, 7) is 0. The number of benzene rings is 4. The van der Waals surface area contributed by atoms with Gasteiger partial charge >= 0.3 is 5.97 Å². The molecule has 0 radical (unpaired) electrons. The largest absolute Gasteiger partial charge is 0.480 e. The molecule has 168 valence electrons. The maximum Gasteiger partial charge on any atom is 0.330 e. The monoisotopic (exact) mass is 466 g/mol. The second-order valence-corrected chi connectivity index (χ2v) is 12.0. The lowest BCUT2D eigenvalue weighted by Gasteiger charge is -2.33. The molecule has 1 unspecified atom stereocenters. The van der Waals surface area contributed by atoms with E-state index < -0.39 is 19.3 Å². The van der Waals surface area contributed by atoms with Gasteiger partial charge in [0, 0.05) is 5.69 Å². The number of carboxylic acids is 1. The number of rotatable bonds is 7. The third-order valence-electron chi connectivity index (χ3n) is 6.50. The topological polar surface area (TPSA) is 57.6 Å². The minimum atomic E-state index is -2.43. The van der Waals surface area contributed by atoms with Crippen molar-refractivity contribution in [3.63, 3.8) is 0 Å². The highest BCUT2D eigenvalue weighted by Crippen LogP contribution is 2.56. The fraction of sp³-hybridized carbons (Fsp3) is 0.103. The Labute approximate surface area is 199 Å². The molecular weight excluding hydrogens is 441 g/mol. The molecule has 5 rings (SSSR count). The van der Waals surface area contributed by atoms with Crippen LogP contribution < -0.4 is 20.8 Å². The molecule has 0 spiro atoms. The van der Waals surface area contributed by atoms with E-state index >= 15 is 0 Å². The third-order valence-corrected chi connectivity index (χ3v) is 10.9. The number of nitrogens with zero attached hydrogens (tertiary/aromatic N) is 1. The Morgan fingerprint density at radius 3 is 1.65 bits per heavy atom. The summed E-state index contributed by atoms with van der Waals surface area (Å²) < 4.78 is 0. The van der Waals surface area contributed by atoms with Gasteiger partial charge in [0.05, 0.1) is 6.42 Å². The van der Waals surface area contributed by atoms with E-state index in [4.69, 9.17) is 0 Å². The normalized spacial score (nSPS) is 14.0. The molecule has 0 aliphatic carbocycles. The standard InChI is InChI=1S/C29H24NO3P/c31-28-20-22-12-10-11-19-26(22)30(28)27(29(32)33)21-34(23-13-4-1-5-14-23,24-15-6-2-7-16-24)25-17-8-3-9-18-25/h1-19,27H,20-21H2/p+1. The van der Waals surface area contributed by atoms with Crippen LogP contribution in [0.5, 0.6) is 0 Å². The van der Waals surface area contributed by atoms with Crippen LogP contribution in [0.1, 0.15) is 5.56 Å². The summed E-state index contributed by atoms with van der Waals surface area (Å²) >= 11 is 0. The van der Waals surface area contributed by atoms with Gasteiger partial charge in [-0.3, -0.25) is 9.69 Å². The number of carbonyl (C=O) groups is 2. The molecule has 0 bridgehead atoms. The third kappa shape index (κ3) is 3.81. The van der Waals surface area contributed by atoms with Crippen LogP contribution in [0.15, 0.2) is 115 Å². The minimum absolute atomic E-state index is 0.166. The lowest BCUT2D eigenvalue weighted by atomic mass is 10.2. The van der Waals surface area contributed by atoms with Gasteiger partial charge in [-0.15, -0.1) is 0 Å². The Hall–Kier alpha value is -3.75. The van der Waals surface area contributed by atoms with Crippen molar-refractivity contribution >= 4 is 40.7 Å². The van der Waals surface area contributed by atoms with Crippen molar-refractivity contribution in [3.8, 4) is 0 Å². The lowest BCUT2D eigenvalue weighted by Crippen LogP contribution is -2.49. The van der Waals surface area contributed by atoms with Crippen molar-refractivity contribution in [2.24, 2.45) is 0 Å². The van der Waals surface area contributed by atoms with Crippen LogP contribution >= 0.6 is 7.26 Å². The molecule has 1 aliphatic rings. The molecule has 0 aromatic heterocycles. The molecule has 1 amide bonds. The van der Waals surface area contributed by atoms with Gasteiger partial charge in [0.1, 0.15) is 29.3 Å². The zero-order valence-electron chi connectivity index (χ0n) is 18.6. The maximum atomic E-state index is 13.1. The average molecular weight is 466 g/mol. The highest BCUT2D eigenvalue weighted by molar-refractivity contribution is 7.95. The molecule has 1 heterocycles. The smallest absolute Gasteiger partial charge is 0.330 e. The summed E-state index contributed by atoms with van der Waals surface area (Å²) in [6.07, 6.45) is 0.536. The first-order chi connectivity index (χ1) is 16.6. The maximum absolute atomic E-state index is 13.1. The molecule has 4 aromatic carbocycles. The number of anilines is 1. The van der Waals surface area contributed by atoms with Gasteiger partial charge in [-0.2, -0.15) is 0 Å². The Balaban J connectivity index is 1.74. The van der Waals surface area contributed by atoms with E-state index in [1.165, 1.54) is 4.90 Å². The average Bonchev–Trinajstić information content (AvgIpc) is 3.22. The molecule has 1 aliphatic heterocycles. The van der Waals surface area contributed by atoms with E-state index in [-0.39, 0.29) is 12.3 Å². The quantitative estimate of drug-likeness (QED) is 0.419. The molecule has 0 saturated carbocycles. The fourth-order valence-corrected chi connectivity index (χ4v) is 9.37. The number of fused-ring (bicyclic) bond motifs is 1. The predicted octanol–water partition coefficient (Wildman–Crippen LogP) is 4.02. The van der Waals surface area contributed by atoms with Crippen LogP contribution in [0.2, 0.25) is 0 Å². The van der Waals surface area contributed by atoms with E-state index in [9.17, 15) is 14.7 Å². The van der Waals surface area contributed by atoms with E-state index in [1.54, 1.807) is 0 Å². The van der Waals surface area contributed by atoms with Gasteiger partial charge in [0.2, 0.25) is 5.91 Å². The van der Waals surface area contributed by atoms with E-state index in [0.717, 1.165) is 21.5 Å². The van der Waals surface area contributed by atoms with Crippen molar-refractivity contribution in [2.75, 3.05) is 11.1 Å². The molecule has 4 aromatic rings. The van der Waals surface area contributed by atoms with E-state index in [1.807, 2.05) is 78.9 Å². The van der Waals surface area contributed by atoms with Crippen LogP contribution in [0.4, 0.5) is 5.69 Å². The Morgan fingerprint density at radius 1 is 0.735 bits per heavy atom. The van der Waals surface area contributed by atoms with Crippen molar-refractivity contribution < 1.29 is 14.7 Å². The van der Waals surface area contributed by atoms with E-state index in [2.05, 4.69) is 36.4 Å². The second-order valence-electron chi connectivity index (χ2n) is 8.42. The number of carboxylic acid groups (broad SMARTS) is 1. The zero-order valence-corrected chi connectivity index (χ0v) is 19.5. The van der Waals surface area contributed by atoms with Crippen LogP contribution in [0, 0.1) is 0 Å². The van der Waals surface area contributed by atoms with Gasteiger partial charge in [-0.1, -0.05) is 72.8 Å². The summed E-state index contributed by atoms with van der Waals surface area (Å²) in [7, 11) is -2.43. The minimum Gasteiger partial charge on any atom is -0.480 e. The van der Waals surface area contributed by atoms with Crippen LogP contribution in [-0.4, -0.2) is 29.2 Å². The summed E-state index contributed by atoms with van der Waals surface area (Å²) in [5.41, 5.74) is 1.58. The molecule has 0 fully saturated rings. The predicted molar refractivity (Wildman–Crippen MR) is 139 cm³/mol. The fourth-order valence-electron chi connectivity index (χ4n) is 4.96. The van der Waals surface area contributed by atoms with Gasteiger partial charge < -0.3 is 5.11 Å². The van der Waals surface area contributed by atoms with Crippen LogP contribution in [0.3, 0.4) is 0 Å². The van der Waals surface area contributed by atoms with Gasteiger partial charge in [0.25, 0.3) is 0 Å². The van der Waals surface area contributed by atoms with Crippen LogP contribution in [0.25, 0.3) is 0 Å². The second kappa shape index (κ2) is 9.24. The molecule has 34 heavy (non-hydrogen) atoms. The lowest BCUT2D eigenvalue weighted by molar-refractivity contribution is -0.139. The van der Waals surface area contributed by atoms with Gasteiger partial charge in [0.15, 0.2) is 6.04 Å². The van der Waals surface area contributed by atoms with Crippen molar-refractivity contribution in [2.45, 2.75) is 12.5 Å². The number of hydrogen-bond acceptors (Lipinski definition) is 2. The summed E-state index contributed by atoms with van der Waals surface area (Å²) in [5, 5.41) is 13.8. The molecule has 4 nitrogen and oxygen atoms in total. The number of hydrogen-bond donors (Lipinski definition) is 1. The number of aliphatic carboxylic acids is 1.